The molecule has 2 aliphatic heterocycles. The number of aromatic amines is 1. The Morgan fingerprint density at radius 2 is 2.18 bits per heavy atom. The molecule has 0 bridgehead atoms. The topological polar surface area (TPSA) is 59.2 Å². The third-order valence-corrected chi connectivity index (χ3v) is 5.15. The monoisotopic (exact) mass is 306 g/mol. The summed E-state index contributed by atoms with van der Waals surface area (Å²) in [6, 6.07) is 3.85. The molecule has 2 saturated heterocycles. The van der Waals surface area contributed by atoms with Crippen LogP contribution in [0.15, 0.2) is 6.07 Å². The van der Waals surface area contributed by atoms with Gasteiger partial charge < -0.3 is 10.6 Å². The van der Waals surface area contributed by atoms with E-state index in [1.807, 2.05) is 0 Å². The molecule has 6 heteroatoms. The van der Waals surface area contributed by atoms with Crippen molar-refractivity contribution in [1.29, 1.82) is 0 Å². The summed E-state index contributed by atoms with van der Waals surface area (Å²) < 4.78 is 0. The zero-order valence-electron chi connectivity index (χ0n) is 14.1. The Labute approximate surface area is 133 Å². The molecule has 3 unspecified atom stereocenters. The second-order valence-corrected chi connectivity index (χ2v) is 6.76. The molecule has 3 rings (SSSR count). The Kier molecular flexibility index (Phi) is 5.13. The zero-order valence-corrected chi connectivity index (χ0v) is 14.1. The minimum atomic E-state index is 0.496. The van der Waals surface area contributed by atoms with Crippen LogP contribution in [0.1, 0.15) is 18.3 Å². The lowest BCUT2D eigenvalue weighted by atomic mass is 9.97. The Morgan fingerprint density at radius 1 is 1.32 bits per heavy atom. The van der Waals surface area contributed by atoms with Crippen molar-refractivity contribution in [2.24, 2.45) is 0 Å². The minimum Gasteiger partial charge on any atom is -0.314 e. The summed E-state index contributed by atoms with van der Waals surface area (Å²) >= 11 is 0. The number of hydrogen-bond donors (Lipinski definition) is 3. The first-order valence-corrected chi connectivity index (χ1v) is 8.56. The molecule has 3 heterocycles. The van der Waals surface area contributed by atoms with Crippen LogP contribution in [0.2, 0.25) is 0 Å². The van der Waals surface area contributed by atoms with Crippen molar-refractivity contribution in [2.75, 3.05) is 46.3 Å². The average Bonchev–Trinajstić information content (AvgIpc) is 2.92. The number of H-pyrrole nitrogens is 1. The van der Waals surface area contributed by atoms with E-state index >= 15 is 0 Å². The van der Waals surface area contributed by atoms with Crippen LogP contribution in [-0.2, 0) is 6.42 Å². The summed E-state index contributed by atoms with van der Waals surface area (Å²) in [6.07, 6.45) is 1.00. The largest absolute Gasteiger partial charge is 0.314 e. The van der Waals surface area contributed by atoms with Gasteiger partial charge in [0.1, 0.15) is 0 Å². The average molecular weight is 306 g/mol. The normalized spacial score (nSPS) is 31.5. The fourth-order valence-electron chi connectivity index (χ4n) is 3.93. The second kappa shape index (κ2) is 7.08. The lowest BCUT2D eigenvalue weighted by Gasteiger charge is -2.47. The highest BCUT2D eigenvalue weighted by Crippen LogP contribution is 2.17. The maximum atomic E-state index is 4.37. The highest BCUT2D eigenvalue weighted by Gasteiger charge is 2.35. The molecule has 3 N–H and O–H groups in total. The Morgan fingerprint density at radius 3 is 2.86 bits per heavy atom. The Balaban J connectivity index is 1.57. The van der Waals surface area contributed by atoms with E-state index < -0.39 is 0 Å². The number of likely N-dealkylation sites (N-methyl/N-ethyl adjacent to an activating group) is 2. The maximum absolute atomic E-state index is 4.37. The lowest BCUT2D eigenvalue weighted by Crippen LogP contribution is -2.66. The van der Waals surface area contributed by atoms with Crippen molar-refractivity contribution in [3.8, 4) is 0 Å². The van der Waals surface area contributed by atoms with Gasteiger partial charge in [0.15, 0.2) is 0 Å². The summed E-state index contributed by atoms with van der Waals surface area (Å²) in [7, 11) is 2.27. The predicted molar refractivity (Wildman–Crippen MR) is 89.1 cm³/mol. The SMILES string of the molecule is CCN1CCNCC1C1CNC(Cc2cc(C)[nH]n2)CN1C. The Hall–Kier alpha value is -0.950. The fraction of sp³-hybridized carbons (Fsp3) is 0.812. The van der Waals surface area contributed by atoms with E-state index in [-0.39, 0.29) is 0 Å². The molecule has 2 aliphatic rings. The standard InChI is InChI=1S/C16H30N6/c1-4-22-6-5-17-9-16(22)15-10-18-14(11-21(15)3)8-13-7-12(2)19-20-13/h7,14-18H,4-6,8-11H2,1-3H3,(H,19,20). The molecular weight excluding hydrogens is 276 g/mol. The van der Waals surface area contributed by atoms with Gasteiger partial charge in [0.05, 0.1) is 5.69 Å². The molecule has 0 spiro atoms. The number of aryl methyl sites for hydroxylation is 1. The van der Waals surface area contributed by atoms with Crippen LogP contribution in [-0.4, -0.2) is 84.4 Å². The van der Waals surface area contributed by atoms with Crippen LogP contribution in [0.5, 0.6) is 0 Å². The van der Waals surface area contributed by atoms with Crippen LogP contribution in [0.3, 0.4) is 0 Å². The van der Waals surface area contributed by atoms with E-state index in [0.29, 0.717) is 18.1 Å². The van der Waals surface area contributed by atoms with E-state index in [1.54, 1.807) is 0 Å². The second-order valence-electron chi connectivity index (χ2n) is 6.76. The van der Waals surface area contributed by atoms with Crippen LogP contribution < -0.4 is 10.6 Å². The van der Waals surface area contributed by atoms with Gasteiger partial charge in [-0.25, -0.2) is 0 Å². The summed E-state index contributed by atoms with van der Waals surface area (Å²) in [4.78, 5) is 5.16. The highest BCUT2D eigenvalue weighted by molar-refractivity contribution is 5.09. The first-order valence-electron chi connectivity index (χ1n) is 8.56. The third kappa shape index (κ3) is 3.51. The van der Waals surface area contributed by atoms with Gasteiger partial charge in [-0.05, 0) is 26.6 Å². The quantitative estimate of drug-likeness (QED) is 0.721. The molecule has 3 atom stereocenters. The summed E-state index contributed by atoms with van der Waals surface area (Å²) in [5.74, 6) is 0. The van der Waals surface area contributed by atoms with E-state index in [0.717, 1.165) is 50.5 Å². The molecule has 6 nitrogen and oxygen atoms in total. The predicted octanol–water partition coefficient (Wildman–Crippen LogP) is -0.173. The number of nitrogens with zero attached hydrogens (tertiary/aromatic N) is 3. The molecule has 0 aliphatic carbocycles. The first-order chi connectivity index (χ1) is 10.7. The van der Waals surface area contributed by atoms with Gasteiger partial charge in [0, 0.05) is 63.0 Å². The number of aromatic nitrogens is 2. The number of rotatable bonds is 4. The van der Waals surface area contributed by atoms with Gasteiger partial charge >= 0.3 is 0 Å². The van der Waals surface area contributed by atoms with Crippen molar-refractivity contribution in [3.63, 3.8) is 0 Å². The minimum absolute atomic E-state index is 0.496. The van der Waals surface area contributed by atoms with Gasteiger partial charge in [0.25, 0.3) is 0 Å². The van der Waals surface area contributed by atoms with E-state index in [9.17, 15) is 0 Å². The van der Waals surface area contributed by atoms with Crippen molar-refractivity contribution in [1.82, 2.24) is 30.6 Å². The number of nitrogens with one attached hydrogen (secondary N) is 3. The first kappa shape index (κ1) is 15.9. The van der Waals surface area contributed by atoms with Gasteiger partial charge in [-0.3, -0.25) is 14.9 Å². The van der Waals surface area contributed by atoms with Crippen LogP contribution in [0.4, 0.5) is 0 Å². The molecule has 0 saturated carbocycles. The van der Waals surface area contributed by atoms with Gasteiger partial charge in [-0.15, -0.1) is 0 Å². The molecular formula is C16H30N6. The zero-order chi connectivity index (χ0) is 15.5. The highest BCUT2D eigenvalue weighted by atomic mass is 15.3. The van der Waals surface area contributed by atoms with E-state index in [4.69, 9.17) is 0 Å². The van der Waals surface area contributed by atoms with Crippen LogP contribution in [0, 0.1) is 6.92 Å². The maximum Gasteiger partial charge on any atom is 0.0640 e. The smallest absolute Gasteiger partial charge is 0.0640 e. The van der Waals surface area contributed by atoms with Crippen LogP contribution in [0.25, 0.3) is 0 Å². The summed E-state index contributed by atoms with van der Waals surface area (Å²) in [5.41, 5.74) is 2.31. The summed E-state index contributed by atoms with van der Waals surface area (Å²) in [6.45, 7) is 11.0. The molecule has 124 valence electrons. The number of piperazine rings is 2. The van der Waals surface area contributed by atoms with Crippen molar-refractivity contribution in [2.45, 2.75) is 38.4 Å². The van der Waals surface area contributed by atoms with E-state index in [2.05, 4.69) is 57.6 Å². The Bertz CT molecular complexity index is 473. The van der Waals surface area contributed by atoms with Gasteiger partial charge in [0.2, 0.25) is 0 Å². The summed E-state index contributed by atoms with van der Waals surface area (Å²) in [5, 5.41) is 14.7. The fourth-order valence-corrected chi connectivity index (χ4v) is 3.93. The van der Waals surface area contributed by atoms with Crippen LogP contribution >= 0.6 is 0 Å². The molecule has 2 fully saturated rings. The third-order valence-electron chi connectivity index (χ3n) is 5.15. The lowest BCUT2D eigenvalue weighted by molar-refractivity contribution is 0.0517. The van der Waals surface area contributed by atoms with Crippen molar-refractivity contribution >= 4 is 0 Å². The molecule has 0 radical (unpaired) electrons. The number of hydrogen-bond acceptors (Lipinski definition) is 5. The van der Waals surface area contributed by atoms with Crippen molar-refractivity contribution in [3.05, 3.63) is 17.5 Å². The van der Waals surface area contributed by atoms with Crippen molar-refractivity contribution < 1.29 is 0 Å². The molecule has 22 heavy (non-hydrogen) atoms. The van der Waals surface area contributed by atoms with E-state index in [1.165, 1.54) is 6.54 Å². The molecule has 1 aromatic heterocycles. The molecule has 0 amide bonds. The molecule has 0 aromatic carbocycles. The van der Waals surface area contributed by atoms with Gasteiger partial charge in [-0.2, -0.15) is 5.10 Å². The van der Waals surface area contributed by atoms with Gasteiger partial charge in [-0.1, -0.05) is 6.92 Å². The molecule has 1 aromatic rings.